The molecule has 1 fully saturated rings. The zero-order valence-corrected chi connectivity index (χ0v) is 12.8. The van der Waals surface area contributed by atoms with Crippen molar-refractivity contribution < 1.29 is 0 Å². The molecule has 0 aromatic heterocycles. The fraction of sp³-hybridized carbons (Fsp3) is 0.571. The molecule has 0 radical (unpaired) electrons. The van der Waals surface area contributed by atoms with Gasteiger partial charge >= 0.3 is 0 Å². The van der Waals surface area contributed by atoms with Crippen molar-refractivity contribution in [3.05, 3.63) is 30.3 Å². The molecular weight excluding hydrogens is 267 g/mol. The number of hydrogen-bond donors (Lipinski definition) is 0. The first-order valence-electron chi connectivity index (χ1n) is 6.31. The first-order chi connectivity index (χ1) is 7.81. The summed E-state index contributed by atoms with van der Waals surface area (Å²) in [5.74, 6) is 0. The van der Waals surface area contributed by atoms with Gasteiger partial charge in [-0.3, -0.25) is 0 Å². The lowest BCUT2D eigenvalue weighted by molar-refractivity contribution is 0.218. The van der Waals surface area contributed by atoms with Gasteiger partial charge in [-0.25, -0.2) is 0 Å². The van der Waals surface area contributed by atoms with Crippen molar-refractivity contribution in [1.29, 1.82) is 0 Å². The van der Waals surface area contributed by atoms with Gasteiger partial charge in [-0.15, -0.1) is 24.8 Å². The first-order valence-corrected chi connectivity index (χ1v) is 6.31. The molecular formula is C14H24Cl2N2. The molecule has 0 atom stereocenters. The minimum Gasteiger partial charge on any atom is -0.371 e. The molecule has 1 saturated heterocycles. The molecule has 0 amide bonds. The van der Waals surface area contributed by atoms with Crippen LogP contribution in [-0.2, 0) is 0 Å². The molecule has 0 unspecified atom stereocenters. The molecule has 1 aliphatic heterocycles. The average Bonchev–Trinajstić information content (AvgIpc) is 2.39. The highest BCUT2D eigenvalue weighted by Crippen LogP contribution is 2.21. The summed E-state index contributed by atoms with van der Waals surface area (Å²) >= 11 is 0. The van der Waals surface area contributed by atoms with E-state index in [9.17, 15) is 0 Å². The van der Waals surface area contributed by atoms with Crippen molar-refractivity contribution in [2.45, 2.75) is 25.8 Å². The summed E-state index contributed by atoms with van der Waals surface area (Å²) in [5, 5.41) is 0. The van der Waals surface area contributed by atoms with Gasteiger partial charge in [0.15, 0.2) is 0 Å². The Morgan fingerprint density at radius 3 is 2.17 bits per heavy atom. The minimum absolute atomic E-state index is 0. The Hall–Kier alpha value is -0.440. The van der Waals surface area contributed by atoms with Gasteiger partial charge in [-0.2, -0.15) is 0 Å². The van der Waals surface area contributed by atoms with Crippen LogP contribution in [0.2, 0.25) is 0 Å². The Bertz CT molecular complexity index is 311. The molecule has 1 aromatic carbocycles. The first kappa shape index (κ1) is 17.6. The van der Waals surface area contributed by atoms with E-state index < -0.39 is 0 Å². The molecule has 0 N–H and O–H groups in total. The quantitative estimate of drug-likeness (QED) is 0.841. The summed E-state index contributed by atoms with van der Waals surface area (Å²) in [6.07, 6.45) is 2.58. The fourth-order valence-corrected chi connectivity index (χ4v) is 2.46. The third-order valence-corrected chi connectivity index (χ3v) is 3.71. The Kier molecular flexibility index (Phi) is 8.41. The van der Waals surface area contributed by atoms with Crippen molar-refractivity contribution >= 4 is 30.5 Å². The largest absolute Gasteiger partial charge is 0.371 e. The lowest BCUT2D eigenvalue weighted by Gasteiger charge is -2.37. The SMILES string of the molecule is CCN(C)C1CCN(c2ccccc2)CC1.Cl.Cl. The third kappa shape index (κ3) is 4.34. The zero-order chi connectivity index (χ0) is 11.4. The smallest absolute Gasteiger partial charge is 0.0366 e. The van der Waals surface area contributed by atoms with E-state index in [1.807, 2.05) is 0 Å². The van der Waals surface area contributed by atoms with Gasteiger partial charge in [0.25, 0.3) is 0 Å². The lowest BCUT2D eigenvalue weighted by Crippen LogP contribution is -2.43. The Morgan fingerprint density at radius 2 is 1.67 bits per heavy atom. The number of benzene rings is 1. The van der Waals surface area contributed by atoms with Crippen LogP contribution in [0.25, 0.3) is 0 Å². The van der Waals surface area contributed by atoms with E-state index in [1.54, 1.807) is 0 Å². The number of halogens is 2. The minimum atomic E-state index is 0. The van der Waals surface area contributed by atoms with Crippen molar-refractivity contribution in [1.82, 2.24) is 4.90 Å². The molecule has 4 heteroatoms. The zero-order valence-electron chi connectivity index (χ0n) is 11.2. The number of piperidine rings is 1. The maximum atomic E-state index is 2.50. The van der Waals surface area contributed by atoms with E-state index in [4.69, 9.17) is 0 Å². The predicted octanol–water partition coefficient (Wildman–Crippen LogP) is 3.45. The van der Waals surface area contributed by atoms with Gasteiger partial charge < -0.3 is 9.80 Å². The highest BCUT2D eigenvalue weighted by atomic mass is 35.5. The van der Waals surface area contributed by atoms with Crippen molar-refractivity contribution in [2.24, 2.45) is 0 Å². The second-order valence-electron chi connectivity index (χ2n) is 4.63. The highest BCUT2D eigenvalue weighted by molar-refractivity contribution is 5.85. The summed E-state index contributed by atoms with van der Waals surface area (Å²) in [6, 6.07) is 11.5. The Labute approximate surface area is 123 Å². The van der Waals surface area contributed by atoms with Crippen LogP contribution in [0.5, 0.6) is 0 Å². The average molecular weight is 291 g/mol. The molecule has 2 rings (SSSR count). The number of nitrogens with zero attached hydrogens (tertiary/aromatic N) is 2. The summed E-state index contributed by atoms with van der Waals surface area (Å²) in [7, 11) is 2.24. The molecule has 0 bridgehead atoms. The molecule has 18 heavy (non-hydrogen) atoms. The van der Waals surface area contributed by atoms with Gasteiger partial charge in [-0.1, -0.05) is 25.1 Å². The molecule has 1 heterocycles. The summed E-state index contributed by atoms with van der Waals surface area (Å²) in [6.45, 7) is 5.79. The molecule has 104 valence electrons. The van der Waals surface area contributed by atoms with E-state index >= 15 is 0 Å². The number of hydrogen-bond acceptors (Lipinski definition) is 2. The van der Waals surface area contributed by atoms with Crippen LogP contribution in [0, 0.1) is 0 Å². The Morgan fingerprint density at radius 1 is 1.11 bits per heavy atom. The van der Waals surface area contributed by atoms with Crippen LogP contribution in [0.3, 0.4) is 0 Å². The topological polar surface area (TPSA) is 6.48 Å². The van der Waals surface area contributed by atoms with Crippen LogP contribution >= 0.6 is 24.8 Å². The van der Waals surface area contributed by atoms with Crippen molar-refractivity contribution in [3.8, 4) is 0 Å². The lowest BCUT2D eigenvalue weighted by atomic mass is 10.0. The summed E-state index contributed by atoms with van der Waals surface area (Å²) < 4.78 is 0. The number of anilines is 1. The van der Waals surface area contributed by atoms with Gasteiger partial charge in [0, 0.05) is 24.8 Å². The van der Waals surface area contributed by atoms with E-state index in [0.29, 0.717) is 0 Å². The summed E-state index contributed by atoms with van der Waals surface area (Å²) in [5.41, 5.74) is 1.38. The van der Waals surface area contributed by atoms with Gasteiger partial charge in [0.05, 0.1) is 0 Å². The van der Waals surface area contributed by atoms with Crippen LogP contribution in [-0.4, -0.2) is 37.6 Å². The Balaban J connectivity index is 0.00000144. The van der Waals surface area contributed by atoms with Crippen LogP contribution < -0.4 is 4.90 Å². The monoisotopic (exact) mass is 290 g/mol. The van der Waals surface area contributed by atoms with Gasteiger partial charge in [-0.05, 0) is 38.6 Å². The van der Waals surface area contributed by atoms with Gasteiger partial charge in [0.1, 0.15) is 0 Å². The normalized spacial score (nSPS) is 16.1. The van der Waals surface area contributed by atoms with Crippen LogP contribution in [0.15, 0.2) is 30.3 Å². The van der Waals surface area contributed by atoms with Gasteiger partial charge in [0.2, 0.25) is 0 Å². The van der Waals surface area contributed by atoms with E-state index in [0.717, 1.165) is 12.6 Å². The van der Waals surface area contributed by atoms with Crippen molar-refractivity contribution in [3.63, 3.8) is 0 Å². The standard InChI is InChI=1S/C14H22N2.2ClH/c1-3-15(2)13-9-11-16(12-10-13)14-7-5-4-6-8-14;;/h4-8,13H,3,9-12H2,1-2H3;2*1H. The molecule has 0 saturated carbocycles. The molecule has 2 nitrogen and oxygen atoms in total. The van der Waals surface area contributed by atoms with Crippen LogP contribution in [0.1, 0.15) is 19.8 Å². The molecule has 1 aliphatic rings. The predicted molar refractivity (Wildman–Crippen MR) is 84.5 cm³/mol. The maximum absolute atomic E-state index is 2.50. The number of rotatable bonds is 3. The second kappa shape index (κ2) is 8.63. The summed E-state index contributed by atoms with van der Waals surface area (Å²) in [4.78, 5) is 4.97. The van der Waals surface area contributed by atoms with Crippen molar-refractivity contribution in [2.75, 3.05) is 31.6 Å². The maximum Gasteiger partial charge on any atom is 0.0366 e. The molecule has 0 spiro atoms. The highest BCUT2D eigenvalue weighted by Gasteiger charge is 2.21. The van der Waals surface area contributed by atoms with Crippen LogP contribution in [0.4, 0.5) is 5.69 Å². The second-order valence-corrected chi connectivity index (χ2v) is 4.63. The van der Waals surface area contributed by atoms with E-state index in [-0.39, 0.29) is 24.8 Å². The van der Waals surface area contributed by atoms with E-state index in [2.05, 4.69) is 54.1 Å². The van der Waals surface area contributed by atoms with E-state index in [1.165, 1.54) is 31.6 Å². The number of para-hydroxylation sites is 1. The third-order valence-electron chi connectivity index (χ3n) is 3.71. The fourth-order valence-electron chi connectivity index (χ4n) is 2.46. The molecule has 0 aliphatic carbocycles. The molecule has 1 aromatic rings.